The Morgan fingerprint density at radius 2 is 1.31 bits per heavy atom. The van der Waals surface area contributed by atoms with Crippen LogP contribution in [-0.4, -0.2) is 195 Å². The van der Waals surface area contributed by atoms with E-state index in [9.17, 15) is 82.8 Å². The van der Waals surface area contributed by atoms with Crippen LogP contribution in [0.4, 0.5) is 0 Å². The van der Waals surface area contributed by atoms with Gasteiger partial charge in [0.15, 0.2) is 0 Å². The number of carbonyl (C=O) groups excluding carboxylic acids is 11. The topological polar surface area (TPSA) is 469 Å². The standard InChI is InChI=1S/C48H73N11O18/c1-6-24(2)12-10-11-15-36(63)52-31-23-77-48(76)27(16-17-37(64)65)53-41(69)28(19-34(61)40(51)68)55-44(72)32(18-26-13-8-7-9-14-26)58(4)47(75)33(21-35(50)62)59(5)46(74)30(22-60)56-45(73)39(25(3)49)57-42(70)29(20-38(66)67)54-43(31)71/h7-9,13-14,24-25,27-34,39,60-61H,6,10-12,15-23,49H2,1-5H3,(H2,50,62)(H2,51,68)(H,52,63)(H,53,69)(H,54,71)(H,55,72)(H,56,73)(H,57,70)(H,64,65)(H,66,67)/t24?,25-,27+,28-,29+,30+,31+,32-,33+,34+,39+/m1/s1. The molecule has 0 saturated carbocycles. The lowest BCUT2D eigenvalue weighted by atomic mass is 10.0. The summed E-state index contributed by atoms with van der Waals surface area (Å²) in [5.41, 5.74) is 17.3. The first-order valence-corrected chi connectivity index (χ1v) is 24.7. The maximum atomic E-state index is 14.5. The molecular formula is C48H73N11O18. The third-order valence-corrected chi connectivity index (χ3v) is 12.6. The molecule has 1 heterocycles. The second-order valence-corrected chi connectivity index (χ2v) is 18.8. The molecule has 0 bridgehead atoms. The summed E-state index contributed by atoms with van der Waals surface area (Å²) in [7, 11) is 2.06. The monoisotopic (exact) mass is 1090 g/mol. The average molecular weight is 1090 g/mol. The van der Waals surface area contributed by atoms with Gasteiger partial charge in [-0.3, -0.25) is 57.5 Å². The number of nitrogens with zero attached hydrogens (tertiary/aromatic N) is 2. The number of primary amides is 2. The fourth-order valence-corrected chi connectivity index (χ4v) is 7.73. The van der Waals surface area contributed by atoms with E-state index in [1.54, 1.807) is 30.3 Å². The number of aliphatic carboxylic acids is 2. The van der Waals surface area contributed by atoms with Crippen LogP contribution in [0, 0.1) is 5.92 Å². The number of hydrogen-bond acceptors (Lipinski definition) is 17. The third-order valence-electron chi connectivity index (χ3n) is 12.6. The average Bonchev–Trinajstić information content (AvgIpc) is 3.37. The van der Waals surface area contributed by atoms with E-state index in [0.717, 1.165) is 31.8 Å². The Labute approximate surface area is 443 Å². The minimum atomic E-state index is -2.17. The number of aliphatic hydroxyl groups is 2. The summed E-state index contributed by atoms with van der Waals surface area (Å²) >= 11 is 0. The van der Waals surface area contributed by atoms with E-state index >= 15 is 0 Å². The van der Waals surface area contributed by atoms with Crippen molar-refractivity contribution in [3.63, 3.8) is 0 Å². The lowest BCUT2D eigenvalue weighted by Gasteiger charge is -2.36. The summed E-state index contributed by atoms with van der Waals surface area (Å²) in [6, 6.07) is -8.97. The van der Waals surface area contributed by atoms with E-state index in [2.05, 4.69) is 31.9 Å². The van der Waals surface area contributed by atoms with Gasteiger partial charge < -0.3 is 84.1 Å². The van der Waals surface area contributed by atoms with Gasteiger partial charge in [0.2, 0.25) is 59.1 Å². The number of ether oxygens (including phenoxy) is 1. The quantitative estimate of drug-likeness (QED) is 0.0404. The van der Waals surface area contributed by atoms with Crippen molar-refractivity contribution in [2.45, 2.75) is 152 Å². The first kappa shape index (κ1) is 65.3. The smallest absolute Gasteiger partial charge is 0.328 e. The molecular weight excluding hydrogens is 1020 g/mol. The van der Waals surface area contributed by atoms with Gasteiger partial charge in [-0.1, -0.05) is 63.4 Å². The number of hydrogen-bond donors (Lipinski definition) is 13. The Balaban J connectivity index is 2.93. The number of unbranched alkanes of at least 4 members (excludes halogenated alkanes) is 1. The second kappa shape index (κ2) is 31.9. The van der Waals surface area contributed by atoms with Crippen LogP contribution in [0.1, 0.15) is 90.5 Å². The number of cyclic esters (lactones) is 1. The highest BCUT2D eigenvalue weighted by atomic mass is 16.5. The Bertz CT molecular complexity index is 2290. The zero-order chi connectivity index (χ0) is 58.3. The highest BCUT2D eigenvalue weighted by Crippen LogP contribution is 2.17. The molecule has 29 heteroatoms. The number of nitrogens with one attached hydrogen (secondary N) is 6. The highest BCUT2D eigenvalue weighted by molar-refractivity contribution is 6.00. The molecule has 0 aliphatic carbocycles. The van der Waals surface area contributed by atoms with Crippen LogP contribution in [0.5, 0.6) is 0 Å². The first-order chi connectivity index (χ1) is 36.1. The molecule has 1 aliphatic heterocycles. The van der Waals surface area contributed by atoms with Crippen LogP contribution in [0.2, 0.25) is 0 Å². The predicted molar refractivity (Wildman–Crippen MR) is 267 cm³/mol. The molecule has 0 aromatic heterocycles. The molecule has 1 unspecified atom stereocenters. The normalized spacial score (nSPS) is 24.2. The van der Waals surface area contributed by atoms with Gasteiger partial charge in [-0.15, -0.1) is 0 Å². The summed E-state index contributed by atoms with van der Waals surface area (Å²) in [6.07, 6.45) is -4.86. The minimum absolute atomic E-state index is 0.172. The van der Waals surface area contributed by atoms with E-state index in [1.807, 2.05) is 13.8 Å². The van der Waals surface area contributed by atoms with Crippen LogP contribution in [0.15, 0.2) is 30.3 Å². The van der Waals surface area contributed by atoms with Crippen molar-refractivity contribution >= 4 is 77.0 Å². The zero-order valence-electron chi connectivity index (χ0n) is 43.6. The molecule has 10 amide bonds. The molecule has 16 N–H and O–H groups in total. The van der Waals surface area contributed by atoms with Crippen LogP contribution in [0.3, 0.4) is 0 Å². The van der Waals surface area contributed by atoms with Crippen LogP contribution in [-0.2, 0) is 73.5 Å². The number of nitrogens with two attached hydrogens (primary N) is 3. The molecule has 1 aromatic carbocycles. The zero-order valence-corrected chi connectivity index (χ0v) is 43.6. The molecule has 29 nitrogen and oxygen atoms in total. The van der Waals surface area contributed by atoms with Gasteiger partial charge in [-0.2, -0.15) is 0 Å². The van der Waals surface area contributed by atoms with Crippen LogP contribution >= 0.6 is 0 Å². The molecule has 1 fully saturated rings. The number of carboxylic acids is 2. The molecule has 2 rings (SSSR count). The lowest BCUT2D eigenvalue weighted by Crippen LogP contribution is -2.63. The van der Waals surface area contributed by atoms with Gasteiger partial charge in [0, 0.05) is 45.8 Å². The number of carbonyl (C=O) groups is 13. The van der Waals surface area contributed by atoms with Crippen molar-refractivity contribution in [3.8, 4) is 0 Å². The number of rotatable bonds is 21. The summed E-state index contributed by atoms with van der Waals surface area (Å²) in [5.74, 6) is -16.6. The van der Waals surface area contributed by atoms with Crippen molar-refractivity contribution in [2.75, 3.05) is 27.3 Å². The summed E-state index contributed by atoms with van der Waals surface area (Å²) in [6.45, 7) is 2.91. The largest absolute Gasteiger partial charge is 0.481 e. The second-order valence-electron chi connectivity index (χ2n) is 18.8. The fraction of sp³-hybridized carbons (Fsp3) is 0.604. The van der Waals surface area contributed by atoms with Gasteiger partial charge in [-0.25, -0.2) is 4.79 Å². The maximum Gasteiger partial charge on any atom is 0.328 e. The molecule has 1 saturated heterocycles. The molecule has 77 heavy (non-hydrogen) atoms. The van der Waals surface area contributed by atoms with E-state index in [0.29, 0.717) is 29.2 Å². The van der Waals surface area contributed by atoms with Crippen molar-refractivity contribution in [1.29, 1.82) is 0 Å². The molecule has 11 atom stereocenters. The molecule has 1 aromatic rings. The number of aliphatic hydroxyl groups excluding tert-OH is 2. The summed E-state index contributed by atoms with van der Waals surface area (Å²) in [5, 5.41) is 53.7. The highest BCUT2D eigenvalue weighted by Gasteiger charge is 2.41. The molecule has 0 spiro atoms. The van der Waals surface area contributed by atoms with E-state index < -0.39 is 183 Å². The number of benzene rings is 1. The first-order valence-electron chi connectivity index (χ1n) is 24.7. The number of likely N-dealkylation sites (N-methyl/N-ethyl adjacent to an activating group) is 2. The third kappa shape index (κ3) is 21.8. The Hall–Kier alpha value is -7.79. The van der Waals surface area contributed by atoms with Crippen LogP contribution in [0.25, 0.3) is 0 Å². The van der Waals surface area contributed by atoms with Crippen molar-refractivity contribution in [1.82, 2.24) is 41.7 Å². The SMILES string of the molecule is CCC(C)CCCCC(=O)N[C@H]1COC(=O)[C@H](CCC(=O)O)NC(=O)[C@@H](C[C@H](O)C(N)=O)NC(=O)[C@@H](Cc2ccccc2)N(C)C(=O)[C@H](CC(N)=O)N(C)C(=O)[C@H](CO)NC(=O)[C@H]([C@@H](C)N)NC(=O)[C@H](CC(=O)O)NC1=O. The summed E-state index contributed by atoms with van der Waals surface area (Å²) < 4.78 is 5.36. The molecule has 0 radical (unpaired) electrons. The fourth-order valence-electron chi connectivity index (χ4n) is 7.73. The summed E-state index contributed by atoms with van der Waals surface area (Å²) in [4.78, 5) is 176. The lowest BCUT2D eigenvalue weighted by molar-refractivity contribution is -0.151. The van der Waals surface area contributed by atoms with Crippen LogP contribution < -0.4 is 49.1 Å². The number of esters is 1. The van der Waals surface area contributed by atoms with Gasteiger partial charge >= 0.3 is 17.9 Å². The van der Waals surface area contributed by atoms with Crippen molar-refractivity contribution in [3.05, 3.63) is 35.9 Å². The van der Waals surface area contributed by atoms with E-state index in [1.165, 1.54) is 6.92 Å². The van der Waals surface area contributed by atoms with Crippen molar-refractivity contribution < 1.29 is 87.5 Å². The van der Waals surface area contributed by atoms with Gasteiger partial charge in [-0.05, 0) is 31.2 Å². The Kier molecular flexibility index (Phi) is 27.1. The minimum Gasteiger partial charge on any atom is -0.481 e. The Morgan fingerprint density at radius 3 is 1.87 bits per heavy atom. The predicted octanol–water partition coefficient (Wildman–Crippen LogP) is -5.25. The van der Waals surface area contributed by atoms with E-state index in [-0.39, 0.29) is 12.8 Å². The number of carboxylic acid groups (broad SMARTS) is 2. The number of amides is 10. The molecule has 1 aliphatic rings. The Morgan fingerprint density at radius 1 is 0.727 bits per heavy atom. The maximum absolute atomic E-state index is 14.5. The van der Waals surface area contributed by atoms with Gasteiger partial charge in [0.05, 0.1) is 19.4 Å². The van der Waals surface area contributed by atoms with Gasteiger partial charge in [0.25, 0.3) is 0 Å². The van der Waals surface area contributed by atoms with Crippen molar-refractivity contribution in [2.24, 2.45) is 23.1 Å². The van der Waals surface area contributed by atoms with E-state index in [4.69, 9.17) is 21.9 Å². The molecule has 428 valence electrons. The van der Waals surface area contributed by atoms with Gasteiger partial charge in [0.1, 0.15) is 61.0 Å².